The standard InChI is InChI=1S/C19H26N4OS.2ClH/c1-2-6-18-22-13-17(25-18)19(24)23(14-15-7-3-4-11-21-15)16-8-5-10-20-12-9-16;;/h3-4,7,11,13,16,20H,2,5-6,8-10,12,14H2,1H3;2*1H. The fourth-order valence-corrected chi connectivity index (χ4v) is 4.20. The van der Waals surface area contributed by atoms with Crippen LogP contribution in [0.5, 0.6) is 0 Å². The minimum Gasteiger partial charge on any atom is -0.329 e. The van der Waals surface area contributed by atoms with Crippen molar-refractivity contribution in [1.29, 1.82) is 0 Å². The third-order valence-electron chi connectivity index (χ3n) is 4.53. The fourth-order valence-electron chi connectivity index (χ4n) is 3.23. The van der Waals surface area contributed by atoms with E-state index in [1.54, 1.807) is 12.4 Å². The Hall–Kier alpha value is -1.21. The molecule has 1 N–H and O–H groups in total. The van der Waals surface area contributed by atoms with Crippen LogP contribution in [0.15, 0.2) is 30.6 Å². The van der Waals surface area contributed by atoms with Crippen molar-refractivity contribution in [2.75, 3.05) is 13.1 Å². The zero-order valence-electron chi connectivity index (χ0n) is 15.6. The summed E-state index contributed by atoms with van der Waals surface area (Å²) in [5.74, 6) is 0.0948. The second kappa shape index (κ2) is 12.3. The molecule has 5 nitrogen and oxygen atoms in total. The van der Waals surface area contributed by atoms with Crippen molar-refractivity contribution in [2.24, 2.45) is 0 Å². The summed E-state index contributed by atoms with van der Waals surface area (Å²) in [6.07, 6.45) is 8.64. The Labute approximate surface area is 177 Å². The average molecular weight is 431 g/mol. The summed E-state index contributed by atoms with van der Waals surface area (Å²) in [5.41, 5.74) is 0.936. The molecule has 1 atom stereocenters. The number of carbonyl (C=O) groups is 1. The Bertz CT molecular complexity index is 675. The van der Waals surface area contributed by atoms with E-state index in [0.717, 1.165) is 60.8 Å². The lowest BCUT2D eigenvalue weighted by Crippen LogP contribution is -2.40. The minimum atomic E-state index is 0. The van der Waals surface area contributed by atoms with E-state index in [9.17, 15) is 4.79 Å². The first-order chi connectivity index (χ1) is 12.3. The first-order valence-corrected chi connectivity index (χ1v) is 9.96. The van der Waals surface area contributed by atoms with E-state index in [1.807, 2.05) is 23.1 Å². The zero-order valence-corrected chi connectivity index (χ0v) is 18.0. The monoisotopic (exact) mass is 430 g/mol. The molecule has 3 rings (SSSR count). The summed E-state index contributed by atoms with van der Waals surface area (Å²) in [4.78, 5) is 24.8. The zero-order chi connectivity index (χ0) is 17.5. The molecule has 0 radical (unpaired) electrons. The number of aryl methyl sites for hydroxylation is 1. The van der Waals surface area contributed by atoms with Gasteiger partial charge in [0, 0.05) is 12.2 Å². The van der Waals surface area contributed by atoms with Crippen LogP contribution in [-0.4, -0.2) is 39.9 Å². The Kier molecular flexibility index (Phi) is 10.8. The van der Waals surface area contributed by atoms with Crippen molar-refractivity contribution in [3.8, 4) is 0 Å². The maximum Gasteiger partial charge on any atom is 0.266 e. The second-order valence-corrected chi connectivity index (χ2v) is 7.57. The molecule has 3 heterocycles. The molecule has 1 saturated heterocycles. The number of carbonyl (C=O) groups excluding carboxylic acids is 1. The largest absolute Gasteiger partial charge is 0.329 e. The molecule has 1 fully saturated rings. The van der Waals surface area contributed by atoms with Crippen LogP contribution < -0.4 is 5.32 Å². The van der Waals surface area contributed by atoms with Gasteiger partial charge in [0.1, 0.15) is 4.88 Å². The third kappa shape index (κ3) is 6.71. The molecule has 1 unspecified atom stereocenters. The van der Waals surface area contributed by atoms with Gasteiger partial charge in [0.05, 0.1) is 23.4 Å². The molecule has 1 aliphatic heterocycles. The van der Waals surface area contributed by atoms with Crippen molar-refractivity contribution >= 4 is 42.1 Å². The second-order valence-electron chi connectivity index (χ2n) is 6.46. The van der Waals surface area contributed by atoms with E-state index in [-0.39, 0.29) is 36.8 Å². The van der Waals surface area contributed by atoms with E-state index >= 15 is 0 Å². The molecule has 1 amide bonds. The van der Waals surface area contributed by atoms with Gasteiger partial charge < -0.3 is 10.2 Å². The number of thiazole rings is 1. The molecule has 2 aromatic heterocycles. The number of amides is 1. The van der Waals surface area contributed by atoms with Crippen LogP contribution in [0.4, 0.5) is 0 Å². The topological polar surface area (TPSA) is 58.1 Å². The predicted octanol–water partition coefficient (Wildman–Crippen LogP) is 4.12. The van der Waals surface area contributed by atoms with Crippen LogP contribution >= 0.6 is 36.2 Å². The fraction of sp³-hybridized carbons (Fsp3) is 0.526. The van der Waals surface area contributed by atoms with E-state index in [2.05, 4.69) is 22.2 Å². The maximum absolute atomic E-state index is 13.2. The molecular weight excluding hydrogens is 403 g/mol. The number of rotatable bonds is 6. The van der Waals surface area contributed by atoms with Gasteiger partial charge >= 0.3 is 0 Å². The molecule has 0 spiro atoms. The number of pyridine rings is 1. The summed E-state index contributed by atoms with van der Waals surface area (Å²) in [6.45, 7) is 4.68. The SMILES string of the molecule is CCCc1ncc(C(=O)N(Cc2ccccn2)C2CCCNCC2)s1.Cl.Cl. The number of hydrogen-bond acceptors (Lipinski definition) is 5. The van der Waals surface area contributed by atoms with Crippen LogP contribution in [0.3, 0.4) is 0 Å². The van der Waals surface area contributed by atoms with Gasteiger partial charge in [0.15, 0.2) is 0 Å². The molecule has 0 bridgehead atoms. The molecule has 2 aromatic rings. The Morgan fingerprint density at radius 2 is 2.11 bits per heavy atom. The van der Waals surface area contributed by atoms with Gasteiger partial charge in [0.2, 0.25) is 0 Å². The number of aromatic nitrogens is 2. The van der Waals surface area contributed by atoms with Crippen molar-refractivity contribution in [2.45, 2.75) is 51.6 Å². The van der Waals surface area contributed by atoms with E-state index < -0.39 is 0 Å². The average Bonchev–Trinajstić information content (AvgIpc) is 2.94. The summed E-state index contributed by atoms with van der Waals surface area (Å²) in [7, 11) is 0. The first-order valence-electron chi connectivity index (χ1n) is 9.14. The van der Waals surface area contributed by atoms with Gasteiger partial charge in [-0.05, 0) is 57.3 Å². The van der Waals surface area contributed by atoms with Gasteiger partial charge in [-0.15, -0.1) is 36.2 Å². The highest BCUT2D eigenvalue weighted by atomic mass is 35.5. The molecule has 1 aliphatic rings. The van der Waals surface area contributed by atoms with Crippen LogP contribution in [0.25, 0.3) is 0 Å². The van der Waals surface area contributed by atoms with E-state index in [1.165, 1.54) is 11.3 Å². The van der Waals surface area contributed by atoms with Crippen LogP contribution in [0.2, 0.25) is 0 Å². The minimum absolute atomic E-state index is 0. The Morgan fingerprint density at radius 3 is 2.85 bits per heavy atom. The number of hydrogen-bond donors (Lipinski definition) is 1. The summed E-state index contributed by atoms with van der Waals surface area (Å²) in [5, 5.41) is 4.48. The van der Waals surface area contributed by atoms with Crippen molar-refractivity contribution in [3.05, 3.63) is 46.2 Å². The smallest absolute Gasteiger partial charge is 0.266 e. The lowest BCUT2D eigenvalue weighted by atomic mass is 10.1. The molecule has 0 aliphatic carbocycles. The van der Waals surface area contributed by atoms with Gasteiger partial charge in [0.25, 0.3) is 5.91 Å². The van der Waals surface area contributed by atoms with Crippen molar-refractivity contribution in [1.82, 2.24) is 20.2 Å². The van der Waals surface area contributed by atoms with Crippen molar-refractivity contribution in [3.63, 3.8) is 0 Å². The molecular formula is C19H28Cl2N4OS. The quantitative estimate of drug-likeness (QED) is 0.748. The number of nitrogens with one attached hydrogen (secondary N) is 1. The molecule has 0 saturated carbocycles. The highest BCUT2D eigenvalue weighted by Gasteiger charge is 2.27. The third-order valence-corrected chi connectivity index (χ3v) is 5.58. The van der Waals surface area contributed by atoms with E-state index in [4.69, 9.17) is 0 Å². The van der Waals surface area contributed by atoms with Crippen LogP contribution in [0, 0.1) is 0 Å². The molecule has 0 aromatic carbocycles. The predicted molar refractivity (Wildman–Crippen MR) is 115 cm³/mol. The van der Waals surface area contributed by atoms with Crippen molar-refractivity contribution < 1.29 is 4.79 Å². The Balaban J connectivity index is 0.00000182. The highest BCUT2D eigenvalue weighted by molar-refractivity contribution is 7.13. The normalized spacial score (nSPS) is 16.6. The lowest BCUT2D eigenvalue weighted by Gasteiger charge is -2.30. The number of halogens is 2. The van der Waals surface area contributed by atoms with Crippen LogP contribution in [-0.2, 0) is 13.0 Å². The van der Waals surface area contributed by atoms with Crippen LogP contribution in [0.1, 0.15) is 53.0 Å². The summed E-state index contributed by atoms with van der Waals surface area (Å²) >= 11 is 1.54. The van der Waals surface area contributed by atoms with Gasteiger partial charge in [-0.1, -0.05) is 13.0 Å². The summed E-state index contributed by atoms with van der Waals surface area (Å²) in [6, 6.07) is 6.13. The maximum atomic E-state index is 13.2. The van der Waals surface area contributed by atoms with Gasteiger partial charge in [-0.25, -0.2) is 4.98 Å². The van der Waals surface area contributed by atoms with Gasteiger partial charge in [-0.2, -0.15) is 0 Å². The summed E-state index contributed by atoms with van der Waals surface area (Å²) < 4.78 is 0. The molecule has 27 heavy (non-hydrogen) atoms. The first kappa shape index (κ1) is 23.8. The highest BCUT2D eigenvalue weighted by Crippen LogP contribution is 2.23. The van der Waals surface area contributed by atoms with Gasteiger partial charge in [-0.3, -0.25) is 9.78 Å². The molecule has 150 valence electrons. The van der Waals surface area contributed by atoms with E-state index in [0.29, 0.717) is 6.54 Å². The lowest BCUT2D eigenvalue weighted by molar-refractivity contribution is 0.0647. The number of nitrogens with zero attached hydrogens (tertiary/aromatic N) is 3. The molecule has 8 heteroatoms. The Morgan fingerprint density at radius 1 is 1.26 bits per heavy atom.